The summed E-state index contributed by atoms with van der Waals surface area (Å²) < 4.78 is 22.9. The number of carbonyl (C=O) groups excluding carboxylic acids is 1. The number of likely N-dealkylation sites (N-methyl/N-ethyl adjacent to an activating group) is 1. The van der Waals surface area contributed by atoms with Gasteiger partial charge >= 0.3 is 0 Å². The van der Waals surface area contributed by atoms with Gasteiger partial charge in [0, 0.05) is 19.3 Å². The van der Waals surface area contributed by atoms with E-state index in [0.717, 1.165) is 12.5 Å². The third-order valence-corrected chi connectivity index (χ3v) is 5.51. The second kappa shape index (κ2) is 7.45. The number of amides is 1. The van der Waals surface area contributed by atoms with Crippen molar-refractivity contribution in [3.05, 3.63) is 0 Å². The zero-order valence-electron chi connectivity index (χ0n) is 12.0. The highest BCUT2D eigenvalue weighted by atomic mass is 35.5. The number of rotatable bonds is 7. The zero-order valence-corrected chi connectivity index (χ0v) is 13.7. The van der Waals surface area contributed by atoms with Crippen molar-refractivity contribution >= 4 is 28.2 Å². The fraction of sp³-hybridized carbons (Fsp3) is 0.917. The number of sulfone groups is 1. The lowest BCUT2D eigenvalue weighted by molar-refractivity contribution is -0.130. The maximum absolute atomic E-state index is 11.9. The van der Waals surface area contributed by atoms with Crippen molar-refractivity contribution in [3.8, 4) is 0 Å². The number of nitrogens with one attached hydrogen (secondary N) is 1. The lowest BCUT2D eigenvalue weighted by Gasteiger charge is -2.29. The molecule has 0 aliphatic heterocycles. The molecule has 0 bridgehead atoms. The molecule has 5 nitrogen and oxygen atoms in total. The second-order valence-electron chi connectivity index (χ2n) is 5.35. The molecular formula is C12H25ClN2O3S. The Morgan fingerprint density at radius 1 is 1.37 bits per heavy atom. The number of hydrogen-bond donors (Lipinski definition) is 1. The van der Waals surface area contributed by atoms with Gasteiger partial charge in [-0.2, -0.15) is 0 Å². The molecule has 0 radical (unpaired) electrons. The van der Waals surface area contributed by atoms with Crippen LogP contribution < -0.4 is 5.32 Å². The fourth-order valence-corrected chi connectivity index (χ4v) is 2.63. The molecule has 2 atom stereocenters. The van der Waals surface area contributed by atoms with Crippen LogP contribution >= 0.6 is 12.4 Å². The van der Waals surface area contributed by atoms with Crippen LogP contribution in [0.15, 0.2) is 0 Å². The van der Waals surface area contributed by atoms with Crippen LogP contribution in [0.25, 0.3) is 0 Å². The van der Waals surface area contributed by atoms with Gasteiger partial charge in [-0.25, -0.2) is 8.42 Å². The average molecular weight is 313 g/mol. The van der Waals surface area contributed by atoms with Crippen LogP contribution in [-0.4, -0.2) is 56.9 Å². The van der Waals surface area contributed by atoms with E-state index in [2.05, 4.69) is 5.32 Å². The summed E-state index contributed by atoms with van der Waals surface area (Å²) in [5, 5.41) is 2.57. The molecule has 2 unspecified atom stereocenters. The van der Waals surface area contributed by atoms with Crippen LogP contribution in [0.3, 0.4) is 0 Å². The lowest BCUT2D eigenvalue weighted by Crippen LogP contribution is -2.47. The van der Waals surface area contributed by atoms with Crippen LogP contribution in [0.1, 0.15) is 26.7 Å². The minimum atomic E-state index is -3.12. The Kier molecular flexibility index (Phi) is 7.32. The van der Waals surface area contributed by atoms with Gasteiger partial charge in [-0.3, -0.25) is 4.79 Å². The van der Waals surface area contributed by atoms with Crippen molar-refractivity contribution in [1.82, 2.24) is 10.2 Å². The number of halogens is 1. The van der Waals surface area contributed by atoms with Gasteiger partial charge in [0.1, 0.15) is 0 Å². The van der Waals surface area contributed by atoms with E-state index in [0.29, 0.717) is 0 Å². The van der Waals surface area contributed by atoms with E-state index in [1.165, 1.54) is 24.0 Å². The van der Waals surface area contributed by atoms with Crippen LogP contribution in [0.5, 0.6) is 0 Å². The van der Waals surface area contributed by atoms with E-state index >= 15 is 0 Å². The van der Waals surface area contributed by atoms with Crippen molar-refractivity contribution in [2.45, 2.75) is 38.0 Å². The van der Waals surface area contributed by atoms with Gasteiger partial charge in [0.25, 0.3) is 0 Å². The monoisotopic (exact) mass is 312 g/mol. The summed E-state index contributed by atoms with van der Waals surface area (Å²) >= 11 is 0. The lowest BCUT2D eigenvalue weighted by atomic mass is 10.2. The molecule has 114 valence electrons. The molecule has 0 aromatic heterocycles. The molecule has 1 rings (SSSR count). The highest BCUT2D eigenvalue weighted by molar-refractivity contribution is 7.91. The predicted molar refractivity (Wildman–Crippen MR) is 79.4 cm³/mol. The first kappa shape index (κ1) is 18.7. The molecule has 0 saturated heterocycles. The Bertz CT molecular complexity index is 396. The third-order valence-electron chi connectivity index (χ3n) is 3.77. The summed E-state index contributed by atoms with van der Waals surface area (Å²) in [5.41, 5.74) is 0. The van der Waals surface area contributed by atoms with Gasteiger partial charge in [-0.05, 0) is 39.2 Å². The van der Waals surface area contributed by atoms with Gasteiger partial charge in [0.15, 0.2) is 9.84 Å². The van der Waals surface area contributed by atoms with E-state index in [4.69, 9.17) is 0 Å². The number of hydrogen-bond acceptors (Lipinski definition) is 4. The molecule has 1 amide bonds. The van der Waals surface area contributed by atoms with E-state index in [1.807, 2.05) is 0 Å². The quantitative estimate of drug-likeness (QED) is 0.751. The summed E-state index contributed by atoms with van der Waals surface area (Å²) in [6, 6.07) is -0.310. The Morgan fingerprint density at radius 3 is 2.32 bits per heavy atom. The average Bonchev–Trinajstić information content (AvgIpc) is 3.08. The fourth-order valence-electron chi connectivity index (χ4n) is 1.73. The molecule has 1 aliphatic carbocycles. The standard InChI is InChI=1S/C12H24N2O3S.ClH/c1-9(10(2)18(4,16)17)14(3)12(15)8-13-7-11-5-6-11;/h9-11,13H,5-8H2,1-4H3;1H. The first-order valence-corrected chi connectivity index (χ1v) is 8.34. The molecule has 1 saturated carbocycles. The van der Waals surface area contributed by atoms with Crippen LogP contribution in [0.2, 0.25) is 0 Å². The van der Waals surface area contributed by atoms with Crippen molar-refractivity contribution in [2.75, 3.05) is 26.4 Å². The summed E-state index contributed by atoms with van der Waals surface area (Å²) in [4.78, 5) is 13.4. The van der Waals surface area contributed by atoms with Gasteiger partial charge in [-0.1, -0.05) is 0 Å². The second-order valence-corrected chi connectivity index (χ2v) is 7.76. The van der Waals surface area contributed by atoms with Crippen molar-refractivity contribution < 1.29 is 13.2 Å². The maximum atomic E-state index is 11.9. The van der Waals surface area contributed by atoms with Gasteiger partial charge < -0.3 is 10.2 Å². The van der Waals surface area contributed by atoms with Gasteiger partial charge in [-0.15, -0.1) is 12.4 Å². The molecule has 1 N–H and O–H groups in total. The summed E-state index contributed by atoms with van der Waals surface area (Å²) in [7, 11) is -1.46. The minimum absolute atomic E-state index is 0. The molecule has 7 heteroatoms. The minimum Gasteiger partial charge on any atom is -0.341 e. The Morgan fingerprint density at radius 2 is 1.89 bits per heavy atom. The summed E-state index contributed by atoms with van der Waals surface area (Å²) in [5.74, 6) is 0.675. The number of nitrogens with zero attached hydrogens (tertiary/aromatic N) is 1. The first-order chi connectivity index (χ1) is 8.23. The smallest absolute Gasteiger partial charge is 0.236 e. The summed E-state index contributed by atoms with van der Waals surface area (Å²) in [6.45, 7) is 4.58. The van der Waals surface area contributed by atoms with E-state index < -0.39 is 15.1 Å². The highest BCUT2D eigenvalue weighted by Gasteiger charge is 2.28. The predicted octanol–water partition coefficient (Wildman–Crippen LogP) is 0.688. The normalized spacial score (nSPS) is 18.3. The molecule has 1 aliphatic rings. The first-order valence-electron chi connectivity index (χ1n) is 6.38. The van der Waals surface area contributed by atoms with Crippen LogP contribution in [0, 0.1) is 5.92 Å². The molecule has 0 aromatic rings. The topological polar surface area (TPSA) is 66.5 Å². The van der Waals surface area contributed by atoms with Gasteiger partial charge in [0.05, 0.1) is 11.8 Å². The molecular weight excluding hydrogens is 288 g/mol. The largest absolute Gasteiger partial charge is 0.341 e. The Hall–Kier alpha value is -0.330. The molecule has 0 spiro atoms. The van der Waals surface area contributed by atoms with Crippen molar-refractivity contribution in [1.29, 1.82) is 0 Å². The SMILES string of the molecule is CC(C(C)S(C)(=O)=O)N(C)C(=O)CNCC1CC1.Cl. The van der Waals surface area contributed by atoms with Crippen LogP contribution in [0.4, 0.5) is 0 Å². The molecule has 1 fully saturated rings. The highest BCUT2D eigenvalue weighted by Crippen LogP contribution is 2.27. The third kappa shape index (κ3) is 6.10. The maximum Gasteiger partial charge on any atom is 0.236 e. The molecule has 0 aromatic carbocycles. The van der Waals surface area contributed by atoms with Crippen molar-refractivity contribution in [3.63, 3.8) is 0 Å². The summed E-state index contributed by atoms with van der Waals surface area (Å²) in [6.07, 6.45) is 3.70. The molecule has 19 heavy (non-hydrogen) atoms. The van der Waals surface area contributed by atoms with E-state index in [-0.39, 0.29) is 30.9 Å². The zero-order chi connectivity index (χ0) is 13.9. The van der Waals surface area contributed by atoms with Crippen molar-refractivity contribution in [2.24, 2.45) is 5.92 Å². The Labute approximate surface area is 122 Å². The van der Waals surface area contributed by atoms with Crippen LogP contribution in [-0.2, 0) is 14.6 Å². The van der Waals surface area contributed by atoms with E-state index in [1.54, 1.807) is 20.9 Å². The van der Waals surface area contributed by atoms with E-state index in [9.17, 15) is 13.2 Å². The molecule has 0 heterocycles. The van der Waals surface area contributed by atoms with Gasteiger partial charge in [0.2, 0.25) is 5.91 Å². The number of carbonyl (C=O) groups is 1. The Balaban J connectivity index is 0.00000324.